The van der Waals surface area contributed by atoms with Crippen LogP contribution in [0.15, 0.2) is 60.8 Å². The Kier molecular flexibility index (Phi) is 5.62. The second kappa shape index (κ2) is 8.49. The number of amides is 1. The molecule has 0 atom stereocenters. The molecule has 1 aromatic heterocycles. The molecule has 6 nitrogen and oxygen atoms in total. The second-order valence-corrected chi connectivity index (χ2v) is 7.13. The molecule has 1 aliphatic heterocycles. The lowest BCUT2D eigenvalue weighted by atomic mass is 10.1. The first-order chi connectivity index (χ1) is 14.2. The van der Waals surface area contributed by atoms with Gasteiger partial charge in [0.2, 0.25) is 0 Å². The fourth-order valence-corrected chi connectivity index (χ4v) is 3.66. The standard InChI is InChI=1S/C23H26N4O2/c1-3-25-12-14-26(15-13-25)23(28)21-17-27(19-9-5-4-6-10-19)24-22(21)18-8-7-11-20(16-18)29-2/h4-11,16-17H,3,12-15H2,1-2H3. The van der Waals surface area contributed by atoms with Crippen molar-refractivity contribution in [1.82, 2.24) is 19.6 Å². The number of aromatic nitrogens is 2. The Morgan fingerprint density at radius 2 is 1.79 bits per heavy atom. The van der Waals surface area contributed by atoms with Crippen molar-refractivity contribution < 1.29 is 9.53 Å². The summed E-state index contributed by atoms with van der Waals surface area (Å²) >= 11 is 0. The lowest BCUT2D eigenvalue weighted by Crippen LogP contribution is -2.48. The third-order valence-corrected chi connectivity index (χ3v) is 5.42. The number of hydrogen-bond acceptors (Lipinski definition) is 4. The van der Waals surface area contributed by atoms with Crippen molar-refractivity contribution in [2.45, 2.75) is 6.92 Å². The van der Waals surface area contributed by atoms with Crippen LogP contribution < -0.4 is 4.74 Å². The molecule has 0 saturated carbocycles. The molecule has 150 valence electrons. The molecule has 1 saturated heterocycles. The van der Waals surface area contributed by atoms with Crippen molar-refractivity contribution in [3.63, 3.8) is 0 Å². The number of piperazine rings is 1. The minimum absolute atomic E-state index is 0.0285. The van der Waals surface area contributed by atoms with Gasteiger partial charge in [0.1, 0.15) is 11.4 Å². The van der Waals surface area contributed by atoms with Crippen LogP contribution in [0, 0.1) is 0 Å². The van der Waals surface area contributed by atoms with Gasteiger partial charge in [-0.25, -0.2) is 4.68 Å². The monoisotopic (exact) mass is 390 g/mol. The number of para-hydroxylation sites is 1. The molecule has 4 rings (SSSR count). The summed E-state index contributed by atoms with van der Waals surface area (Å²) < 4.78 is 7.16. The van der Waals surface area contributed by atoms with E-state index in [4.69, 9.17) is 9.84 Å². The second-order valence-electron chi connectivity index (χ2n) is 7.13. The molecule has 1 fully saturated rings. The Morgan fingerprint density at radius 1 is 1.03 bits per heavy atom. The maximum absolute atomic E-state index is 13.4. The summed E-state index contributed by atoms with van der Waals surface area (Å²) in [5.74, 6) is 0.771. The number of likely N-dealkylation sites (N-methyl/N-ethyl adjacent to an activating group) is 1. The third kappa shape index (κ3) is 4.03. The quantitative estimate of drug-likeness (QED) is 0.671. The Balaban J connectivity index is 1.73. The number of ether oxygens (including phenoxy) is 1. The van der Waals surface area contributed by atoms with E-state index in [-0.39, 0.29) is 5.91 Å². The topological polar surface area (TPSA) is 50.6 Å². The van der Waals surface area contributed by atoms with E-state index in [1.54, 1.807) is 11.8 Å². The molecule has 0 unspecified atom stereocenters. The first kappa shape index (κ1) is 19.2. The summed E-state index contributed by atoms with van der Waals surface area (Å²) in [6.45, 7) is 6.46. The third-order valence-electron chi connectivity index (χ3n) is 5.42. The predicted molar refractivity (Wildman–Crippen MR) is 114 cm³/mol. The molecule has 0 radical (unpaired) electrons. The van der Waals surface area contributed by atoms with Crippen molar-refractivity contribution in [1.29, 1.82) is 0 Å². The van der Waals surface area contributed by atoms with Gasteiger partial charge in [-0.1, -0.05) is 37.3 Å². The van der Waals surface area contributed by atoms with Crippen LogP contribution in [0.4, 0.5) is 0 Å². The Labute approximate surface area is 171 Å². The zero-order valence-electron chi connectivity index (χ0n) is 16.9. The molecular formula is C23H26N4O2. The van der Waals surface area contributed by atoms with E-state index in [0.717, 1.165) is 49.7 Å². The van der Waals surface area contributed by atoms with E-state index in [1.165, 1.54) is 0 Å². The van der Waals surface area contributed by atoms with Gasteiger partial charge in [-0.2, -0.15) is 5.10 Å². The van der Waals surface area contributed by atoms with E-state index >= 15 is 0 Å². The van der Waals surface area contributed by atoms with Gasteiger partial charge >= 0.3 is 0 Å². The number of rotatable bonds is 5. The maximum atomic E-state index is 13.4. The lowest BCUT2D eigenvalue weighted by Gasteiger charge is -2.34. The average Bonchev–Trinajstić information content (AvgIpc) is 3.25. The van der Waals surface area contributed by atoms with Crippen LogP contribution in [0.3, 0.4) is 0 Å². The minimum atomic E-state index is 0.0285. The van der Waals surface area contributed by atoms with E-state index in [1.807, 2.05) is 65.7 Å². The summed E-state index contributed by atoms with van der Waals surface area (Å²) in [7, 11) is 1.64. The minimum Gasteiger partial charge on any atom is -0.497 e. The molecule has 0 bridgehead atoms. The normalized spacial score (nSPS) is 14.8. The zero-order chi connectivity index (χ0) is 20.2. The van der Waals surface area contributed by atoms with E-state index < -0.39 is 0 Å². The highest BCUT2D eigenvalue weighted by Crippen LogP contribution is 2.28. The highest BCUT2D eigenvalue weighted by molar-refractivity contribution is 6.00. The molecule has 29 heavy (non-hydrogen) atoms. The molecule has 0 N–H and O–H groups in total. The molecule has 2 heterocycles. The Bertz CT molecular complexity index is 976. The highest BCUT2D eigenvalue weighted by Gasteiger charge is 2.26. The first-order valence-electron chi connectivity index (χ1n) is 10.0. The Morgan fingerprint density at radius 3 is 2.48 bits per heavy atom. The molecular weight excluding hydrogens is 364 g/mol. The molecule has 6 heteroatoms. The van der Waals surface area contributed by atoms with Gasteiger partial charge in [0, 0.05) is 37.9 Å². The van der Waals surface area contributed by atoms with Gasteiger partial charge in [-0.15, -0.1) is 0 Å². The number of carbonyl (C=O) groups is 1. The molecule has 3 aromatic rings. The van der Waals surface area contributed by atoms with E-state index in [9.17, 15) is 4.79 Å². The van der Waals surface area contributed by atoms with Gasteiger partial charge in [0.15, 0.2) is 0 Å². The summed E-state index contributed by atoms with van der Waals surface area (Å²) in [4.78, 5) is 17.7. The predicted octanol–water partition coefficient (Wildman–Crippen LogP) is 3.33. The van der Waals surface area contributed by atoms with Crippen molar-refractivity contribution in [2.75, 3.05) is 39.8 Å². The fraction of sp³-hybridized carbons (Fsp3) is 0.304. The SMILES string of the molecule is CCN1CCN(C(=O)c2cn(-c3ccccc3)nc2-c2cccc(OC)c2)CC1. The molecule has 0 aliphatic carbocycles. The summed E-state index contributed by atoms with van der Waals surface area (Å²) in [5.41, 5.74) is 3.09. The van der Waals surface area contributed by atoms with E-state index in [2.05, 4.69) is 11.8 Å². The van der Waals surface area contributed by atoms with Crippen LogP contribution in [-0.2, 0) is 0 Å². The summed E-state index contributed by atoms with van der Waals surface area (Å²) in [5, 5.41) is 4.78. The van der Waals surface area contributed by atoms with Crippen LogP contribution >= 0.6 is 0 Å². The van der Waals surface area contributed by atoms with Crippen LogP contribution in [0.5, 0.6) is 5.75 Å². The number of nitrogens with zero attached hydrogens (tertiary/aromatic N) is 4. The van der Waals surface area contributed by atoms with Crippen molar-refractivity contribution in [3.05, 3.63) is 66.4 Å². The molecule has 2 aromatic carbocycles. The Hall–Kier alpha value is -3.12. The van der Waals surface area contributed by atoms with Gasteiger partial charge in [0.25, 0.3) is 5.91 Å². The van der Waals surface area contributed by atoms with Gasteiger partial charge < -0.3 is 14.5 Å². The van der Waals surface area contributed by atoms with Crippen molar-refractivity contribution >= 4 is 5.91 Å². The largest absolute Gasteiger partial charge is 0.497 e. The van der Waals surface area contributed by atoms with Crippen LogP contribution in [0.1, 0.15) is 17.3 Å². The zero-order valence-corrected chi connectivity index (χ0v) is 16.9. The summed E-state index contributed by atoms with van der Waals surface area (Å²) in [6.07, 6.45) is 1.85. The smallest absolute Gasteiger partial charge is 0.257 e. The first-order valence-corrected chi connectivity index (χ1v) is 10.0. The maximum Gasteiger partial charge on any atom is 0.257 e. The van der Waals surface area contributed by atoms with Gasteiger partial charge in [-0.3, -0.25) is 4.79 Å². The number of hydrogen-bond donors (Lipinski definition) is 0. The summed E-state index contributed by atoms with van der Waals surface area (Å²) in [6, 6.07) is 17.6. The van der Waals surface area contributed by atoms with E-state index in [0.29, 0.717) is 11.3 Å². The van der Waals surface area contributed by atoms with Crippen molar-refractivity contribution in [2.24, 2.45) is 0 Å². The van der Waals surface area contributed by atoms with Crippen LogP contribution in [0.25, 0.3) is 16.9 Å². The fourth-order valence-electron chi connectivity index (χ4n) is 3.66. The lowest BCUT2D eigenvalue weighted by molar-refractivity contribution is 0.0644. The molecule has 1 aliphatic rings. The van der Waals surface area contributed by atoms with Crippen LogP contribution in [0.2, 0.25) is 0 Å². The van der Waals surface area contributed by atoms with Gasteiger partial charge in [0.05, 0.1) is 18.4 Å². The highest BCUT2D eigenvalue weighted by atomic mass is 16.5. The number of carbonyl (C=O) groups excluding carboxylic acids is 1. The molecule has 0 spiro atoms. The number of methoxy groups -OCH3 is 1. The van der Waals surface area contributed by atoms with Crippen molar-refractivity contribution in [3.8, 4) is 22.7 Å². The van der Waals surface area contributed by atoms with Gasteiger partial charge in [-0.05, 0) is 30.8 Å². The average molecular weight is 390 g/mol. The number of benzene rings is 2. The van der Waals surface area contributed by atoms with Crippen LogP contribution in [-0.4, -0.2) is 65.3 Å². The molecule has 1 amide bonds.